The van der Waals surface area contributed by atoms with Crippen LogP contribution < -0.4 is 0 Å². The lowest BCUT2D eigenvalue weighted by Crippen LogP contribution is -2.20. The van der Waals surface area contributed by atoms with Gasteiger partial charge in [-0.15, -0.1) is 0 Å². The predicted molar refractivity (Wildman–Crippen MR) is 63.8 cm³/mol. The lowest BCUT2D eigenvalue weighted by Gasteiger charge is -2.15. The summed E-state index contributed by atoms with van der Waals surface area (Å²) in [6.45, 7) is 4.26. The predicted octanol–water partition coefficient (Wildman–Crippen LogP) is 1.47. The van der Waals surface area contributed by atoms with Gasteiger partial charge < -0.3 is 10.2 Å². The molecule has 0 saturated heterocycles. The molecule has 1 unspecified atom stereocenters. The number of carboxylic acids is 1. The maximum Gasteiger partial charge on any atom is 0.335 e. The van der Waals surface area contributed by atoms with Gasteiger partial charge in [0.25, 0.3) is 0 Å². The third kappa shape index (κ3) is 2.84. The van der Waals surface area contributed by atoms with E-state index in [1.54, 1.807) is 19.1 Å². The molecule has 0 amide bonds. The van der Waals surface area contributed by atoms with E-state index in [1.165, 1.54) is 5.56 Å². The molecular weight excluding hydrogens is 218 g/mol. The molecule has 1 heterocycles. The third-order valence-electron chi connectivity index (χ3n) is 3.10. The maximum atomic E-state index is 10.9. The van der Waals surface area contributed by atoms with Crippen LogP contribution in [-0.4, -0.2) is 33.7 Å². The van der Waals surface area contributed by atoms with Crippen molar-refractivity contribution < 1.29 is 15.0 Å². The molecule has 0 radical (unpaired) electrons. The molecule has 0 aliphatic carbocycles. The fraction of sp³-hybridized carbons (Fsp3) is 0.462. The number of fused-ring (bicyclic) bond motifs is 1. The quantitative estimate of drug-likeness (QED) is 0.829. The molecule has 1 aliphatic rings. The second-order valence-corrected chi connectivity index (χ2v) is 4.64. The highest BCUT2D eigenvalue weighted by Gasteiger charge is 2.20. The molecule has 0 fully saturated rings. The summed E-state index contributed by atoms with van der Waals surface area (Å²) in [5.74, 6) is -0.879. The molecular formula is C13H17NO3. The van der Waals surface area contributed by atoms with Crippen molar-refractivity contribution in [2.24, 2.45) is 0 Å². The van der Waals surface area contributed by atoms with Gasteiger partial charge in [-0.3, -0.25) is 4.90 Å². The average Bonchev–Trinajstić information content (AvgIpc) is 2.67. The van der Waals surface area contributed by atoms with Gasteiger partial charge in [-0.25, -0.2) is 4.79 Å². The Hall–Kier alpha value is -1.39. The molecule has 2 rings (SSSR count). The first-order chi connectivity index (χ1) is 8.06. The number of nitrogens with zero attached hydrogens (tertiary/aromatic N) is 1. The standard InChI is InChI=1S/C13H17NO3/c1-9(15)4-5-14-7-11-3-2-10(13(16)17)6-12(11)8-14/h2-3,6,9,15H,4-5,7-8H2,1H3,(H,16,17). The minimum Gasteiger partial charge on any atom is -0.478 e. The van der Waals surface area contributed by atoms with Crippen LogP contribution in [0.15, 0.2) is 18.2 Å². The summed E-state index contributed by atoms with van der Waals surface area (Å²) in [5.41, 5.74) is 2.64. The van der Waals surface area contributed by atoms with Crippen LogP contribution in [-0.2, 0) is 13.1 Å². The third-order valence-corrected chi connectivity index (χ3v) is 3.10. The number of hydrogen-bond acceptors (Lipinski definition) is 3. The van der Waals surface area contributed by atoms with Gasteiger partial charge >= 0.3 is 5.97 Å². The zero-order valence-electron chi connectivity index (χ0n) is 9.89. The van der Waals surface area contributed by atoms with Crippen LogP contribution in [0.25, 0.3) is 0 Å². The fourth-order valence-corrected chi connectivity index (χ4v) is 2.13. The number of carboxylic acid groups (broad SMARTS) is 1. The lowest BCUT2D eigenvalue weighted by molar-refractivity contribution is 0.0696. The molecule has 0 saturated carbocycles. The van der Waals surface area contributed by atoms with Crippen molar-refractivity contribution in [2.75, 3.05) is 6.54 Å². The van der Waals surface area contributed by atoms with E-state index in [0.29, 0.717) is 5.56 Å². The molecule has 4 heteroatoms. The van der Waals surface area contributed by atoms with Crippen molar-refractivity contribution >= 4 is 5.97 Å². The normalized spacial score (nSPS) is 16.8. The molecule has 1 aliphatic heterocycles. The summed E-state index contributed by atoms with van der Waals surface area (Å²) in [4.78, 5) is 13.1. The van der Waals surface area contributed by atoms with Gasteiger partial charge in [0.1, 0.15) is 0 Å². The van der Waals surface area contributed by atoms with E-state index < -0.39 is 5.97 Å². The smallest absolute Gasteiger partial charge is 0.335 e. The van der Waals surface area contributed by atoms with Gasteiger partial charge in [0.2, 0.25) is 0 Å². The van der Waals surface area contributed by atoms with E-state index >= 15 is 0 Å². The van der Waals surface area contributed by atoms with Crippen LogP contribution in [0.5, 0.6) is 0 Å². The van der Waals surface area contributed by atoms with Crippen LogP contribution in [0.1, 0.15) is 34.8 Å². The summed E-state index contributed by atoms with van der Waals surface area (Å²) >= 11 is 0. The maximum absolute atomic E-state index is 10.9. The van der Waals surface area contributed by atoms with Crippen molar-refractivity contribution in [1.29, 1.82) is 0 Å². The number of aliphatic hydroxyl groups excluding tert-OH is 1. The van der Waals surface area contributed by atoms with Crippen molar-refractivity contribution in [1.82, 2.24) is 4.90 Å². The molecule has 0 bridgehead atoms. The average molecular weight is 235 g/mol. The minimum atomic E-state index is -0.879. The first-order valence-electron chi connectivity index (χ1n) is 5.82. The van der Waals surface area contributed by atoms with Crippen molar-refractivity contribution in [3.8, 4) is 0 Å². The Labute approximate surface area is 100 Å². The van der Waals surface area contributed by atoms with Gasteiger partial charge in [-0.1, -0.05) is 6.07 Å². The van der Waals surface area contributed by atoms with Crippen molar-refractivity contribution in [3.05, 3.63) is 34.9 Å². The lowest BCUT2D eigenvalue weighted by atomic mass is 10.1. The van der Waals surface area contributed by atoms with Crippen LogP contribution in [0.3, 0.4) is 0 Å². The van der Waals surface area contributed by atoms with Crippen molar-refractivity contribution in [3.63, 3.8) is 0 Å². The van der Waals surface area contributed by atoms with Gasteiger partial charge in [0, 0.05) is 19.6 Å². The summed E-state index contributed by atoms with van der Waals surface area (Å²) in [6.07, 6.45) is 0.466. The molecule has 1 atom stereocenters. The van der Waals surface area contributed by atoms with E-state index in [9.17, 15) is 9.90 Å². The number of rotatable bonds is 4. The molecule has 17 heavy (non-hydrogen) atoms. The number of hydrogen-bond donors (Lipinski definition) is 2. The highest BCUT2D eigenvalue weighted by Crippen LogP contribution is 2.24. The highest BCUT2D eigenvalue weighted by molar-refractivity contribution is 5.87. The Balaban J connectivity index is 2.04. The molecule has 92 valence electrons. The Morgan fingerprint density at radius 2 is 2.12 bits per heavy atom. The minimum absolute atomic E-state index is 0.284. The largest absolute Gasteiger partial charge is 0.478 e. The first kappa shape index (κ1) is 12.1. The van der Waals surface area contributed by atoms with E-state index in [2.05, 4.69) is 4.90 Å². The molecule has 0 spiro atoms. The van der Waals surface area contributed by atoms with Crippen LogP contribution >= 0.6 is 0 Å². The number of carbonyl (C=O) groups is 1. The molecule has 2 N–H and O–H groups in total. The summed E-state index contributed by atoms with van der Waals surface area (Å²) in [7, 11) is 0. The Bertz CT molecular complexity index is 429. The van der Waals surface area contributed by atoms with Crippen molar-refractivity contribution in [2.45, 2.75) is 32.5 Å². The Kier molecular flexibility index (Phi) is 3.45. The Morgan fingerprint density at radius 3 is 2.76 bits per heavy atom. The van der Waals surface area contributed by atoms with E-state index in [1.807, 2.05) is 6.07 Å². The number of aliphatic hydroxyl groups is 1. The van der Waals surface area contributed by atoms with Crippen LogP contribution in [0.4, 0.5) is 0 Å². The zero-order chi connectivity index (χ0) is 12.4. The number of benzene rings is 1. The van der Waals surface area contributed by atoms with Gasteiger partial charge in [0.05, 0.1) is 11.7 Å². The van der Waals surface area contributed by atoms with Gasteiger partial charge in [-0.2, -0.15) is 0 Å². The van der Waals surface area contributed by atoms with Gasteiger partial charge in [-0.05, 0) is 36.6 Å². The Morgan fingerprint density at radius 1 is 1.41 bits per heavy atom. The van der Waals surface area contributed by atoms with Crippen LogP contribution in [0.2, 0.25) is 0 Å². The summed E-state index contributed by atoms with van der Waals surface area (Å²) in [6, 6.07) is 5.29. The van der Waals surface area contributed by atoms with Gasteiger partial charge in [0.15, 0.2) is 0 Å². The summed E-state index contributed by atoms with van der Waals surface area (Å²) in [5, 5.41) is 18.2. The molecule has 1 aromatic rings. The SMILES string of the molecule is CC(O)CCN1Cc2ccc(C(=O)O)cc2C1. The monoisotopic (exact) mass is 235 g/mol. The zero-order valence-corrected chi connectivity index (χ0v) is 9.89. The number of aromatic carboxylic acids is 1. The van der Waals surface area contributed by atoms with Crippen LogP contribution in [0, 0.1) is 0 Å². The topological polar surface area (TPSA) is 60.8 Å². The van der Waals surface area contributed by atoms with E-state index in [4.69, 9.17) is 5.11 Å². The first-order valence-corrected chi connectivity index (χ1v) is 5.82. The fourth-order valence-electron chi connectivity index (χ4n) is 2.13. The molecule has 0 aromatic heterocycles. The summed E-state index contributed by atoms with van der Waals surface area (Å²) < 4.78 is 0. The highest BCUT2D eigenvalue weighted by atomic mass is 16.4. The van der Waals surface area contributed by atoms with E-state index in [0.717, 1.165) is 31.6 Å². The second-order valence-electron chi connectivity index (χ2n) is 4.64. The molecule has 1 aromatic carbocycles. The molecule has 4 nitrogen and oxygen atoms in total. The second kappa shape index (κ2) is 4.85. The van der Waals surface area contributed by atoms with E-state index in [-0.39, 0.29) is 6.10 Å².